The van der Waals surface area contributed by atoms with Gasteiger partial charge >= 0.3 is 0 Å². The molecule has 1 rings (SSSR count). The minimum absolute atomic E-state index is 0.231. The van der Waals surface area contributed by atoms with E-state index >= 15 is 0 Å². The van der Waals surface area contributed by atoms with Gasteiger partial charge in [-0.3, -0.25) is 0 Å². The lowest BCUT2D eigenvalue weighted by molar-refractivity contribution is 0.598. The highest BCUT2D eigenvalue weighted by Crippen LogP contribution is 2.46. The van der Waals surface area contributed by atoms with Crippen molar-refractivity contribution in [1.82, 2.24) is 0 Å². The first kappa shape index (κ1) is 9.18. The van der Waals surface area contributed by atoms with Gasteiger partial charge in [-0.25, -0.2) is 8.78 Å². The lowest BCUT2D eigenvalue weighted by Crippen LogP contribution is -2.06. The maximum atomic E-state index is 12.7. The van der Waals surface area contributed by atoms with Crippen molar-refractivity contribution in [3.05, 3.63) is 29.8 Å². The van der Waals surface area contributed by atoms with E-state index in [-0.39, 0.29) is 5.30 Å². The first-order valence-electron chi connectivity index (χ1n) is 2.68. The third-order valence-corrected chi connectivity index (χ3v) is 2.89. The predicted octanol–water partition coefficient (Wildman–Crippen LogP) is 3.38. The van der Waals surface area contributed by atoms with Crippen LogP contribution in [0.4, 0.5) is 8.78 Å². The summed E-state index contributed by atoms with van der Waals surface area (Å²) in [6.07, 6.45) is 0. The second kappa shape index (κ2) is 3.66. The third-order valence-electron chi connectivity index (χ3n) is 1.11. The van der Waals surface area contributed by atoms with Crippen LogP contribution in [0.3, 0.4) is 0 Å². The minimum Gasteiger partial charge on any atom is -0.206 e. The molecule has 0 aromatic heterocycles. The Morgan fingerprint density at radius 2 is 1.55 bits per heavy atom. The zero-order valence-electron chi connectivity index (χ0n) is 5.19. The zero-order chi connectivity index (χ0) is 8.43. The van der Waals surface area contributed by atoms with Gasteiger partial charge in [0, 0.05) is 0 Å². The van der Waals surface area contributed by atoms with E-state index in [0.717, 1.165) is 12.1 Å². The molecule has 5 heteroatoms. The van der Waals surface area contributed by atoms with E-state index in [2.05, 4.69) is 0 Å². The maximum Gasteiger partial charge on any atom is 0.136 e. The van der Waals surface area contributed by atoms with E-state index in [4.69, 9.17) is 22.5 Å². The van der Waals surface area contributed by atoms with Gasteiger partial charge in [0.25, 0.3) is 0 Å². The molecule has 1 aromatic rings. The molecule has 0 aliphatic rings. The van der Waals surface area contributed by atoms with Crippen LogP contribution in [-0.2, 0) is 0 Å². The summed E-state index contributed by atoms with van der Waals surface area (Å²) in [6.45, 7) is -1.74. The second-order valence-electron chi connectivity index (χ2n) is 1.80. The summed E-state index contributed by atoms with van der Waals surface area (Å²) < 4.78 is 25.4. The molecule has 0 aliphatic carbocycles. The molecule has 1 aromatic carbocycles. The lowest BCUT2D eigenvalue weighted by Gasteiger charge is -2.02. The minimum atomic E-state index is -1.74. The molecule has 0 fully saturated rings. The highest BCUT2D eigenvalue weighted by Gasteiger charge is 2.14. The molecule has 0 amide bonds. The Labute approximate surface area is 73.5 Å². The van der Waals surface area contributed by atoms with Crippen molar-refractivity contribution in [3.63, 3.8) is 0 Å². The van der Waals surface area contributed by atoms with Gasteiger partial charge in [0.15, 0.2) is 0 Å². The number of rotatable bonds is 1. The van der Waals surface area contributed by atoms with Gasteiger partial charge in [-0.2, -0.15) is 0 Å². The van der Waals surface area contributed by atoms with Crippen LogP contribution in [0, 0.1) is 11.6 Å². The summed E-state index contributed by atoms with van der Waals surface area (Å²) in [5, 5.41) is -0.231. The summed E-state index contributed by atoms with van der Waals surface area (Å²) in [5.41, 5.74) is 0. The number of hydrogen-bond donors (Lipinski definition) is 0. The summed E-state index contributed by atoms with van der Waals surface area (Å²) >= 11 is 10.7. The van der Waals surface area contributed by atoms with E-state index in [0.29, 0.717) is 0 Å². The monoisotopic (exact) mass is 214 g/mol. The Kier molecular flexibility index (Phi) is 3.06. The predicted molar refractivity (Wildman–Crippen MR) is 44.6 cm³/mol. The SMILES string of the molecule is Fc1cccc(F)c1P(Cl)Cl. The molecule has 0 heterocycles. The largest absolute Gasteiger partial charge is 0.206 e. The molecule has 0 spiro atoms. The normalized spacial score (nSPS) is 10.6. The van der Waals surface area contributed by atoms with Crippen LogP contribution in [-0.4, -0.2) is 0 Å². The quantitative estimate of drug-likeness (QED) is 0.630. The van der Waals surface area contributed by atoms with Crippen molar-refractivity contribution in [2.45, 2.75) is 0 Å². The van der Waals surface area contributed by atoms with Gasteiger partial charge < -0.3 is 0 Å². The standard InChI is InChI=1S/C6H3Cl2F2P/c7-11(8)6-4(9)2-1-3-5(6)10/h1-3H. The molecule has 0 unspecified atom stereocenters. The van der Waals surface area contributed by atoms with Crippen molar-refractivity contribution in [2.24, 2.45) is 0 Å². The molecular formula is C6H3Cl2F2P. The molecule has 0 radical (unpaired) electrons. The number of halogens is 4. The molecule has 0 aliphatic heterocycles. The number of hydrogen-bond acceptors (Lipinski definition) is 0. The van der Waals surface area contributed by atoms with Crippen LogP contribution in [0.25, 0.3) is 0 Å². The van der Waals surface area contributed by atoms with Crippen LogP contribution in [0.1, 0.15) is 0 Å². The smallest absolute Gasteiger partial charge is 0.136 e. The fourth-order valence-electron chi connectivity index (χ4n) is 0.651. The van der Waals surface area contributed by atoms with Crippen molar-refractivity contribution in [3.8, 4) is 0 Å². The van der Waals surface area contributed by atoms with Crippen LogP contribution in [0.5, 0.6) is 0 Å². The molecule has 0 N–H and O–H groups in total. The van der Waals surface area contributed by atoms with Gasteiger partial charge in [0.1, 0.15) is 18.3 Å². The van der Waals surface area contributed by atoms with Crippen molar-refractivity contribution in [1.29, 1.82) is 0 Å². The first-order chi connectivity index (χ1) is 5.13. The van der Waals surface area contributed by atoms with Crippen LogP contribution in [0.15, 0.2) is 18.2 Å². The van der Waals surface area contributed by atoms with E-state index in [1.165, 1.54) is 6.07 Å². The summed E-state index contributed by atoms with van der Waals surface area (Å²) in [5.74, 6) is -1.39. The molecule has 0 bridgehead atoms. The average Bonchev–Trinajstić information content (AvgIpc) is 1.85. The van der Waals surface area contributed by atoms with Gasteiger partial charge in [-0.15, -0.1) is 0 Å². The maximum absolute atomic E-state index is 12.7. The summed E-state index contributed by atoms with van der Waals surface area (Å²) in [7, 11) is 0. The van der Waals surface area contributed by atoms with Crippen LogP contribution < -0.4 is 5.30 Å². The molecule has 60 valence electrons. The van der Waals surface area contributed by atoms with Crippen molar-refractivity contribution >= 4 is 34.4 Å². The Bertz CT molecular complexity index is 245. The molecular weight excluding hydrogens is 212 g/mol. The first-order valence-corrected chi connectivity index (χ1v) is 5.84. The lowest BCUT2D eigenvalue weighted by atomic mass is 10.3. The van der Waals surface area contributed by atoms with Crippen molar-refractivity contribution < 1.29 is 8.78 Å². The topological polar surface area (TPSA) is 0 Å². The highest BCUT2D eigenvalue weighted by molar-refractivity contribution is 8.08. The highest BCUT2D eigenvalue weighted by atomic mass is 35.9. The molecule has 0 nitrogen and oxygen atoms in total. The summed E-state index contributed by atoms with van der Waals surface area (Å²) in [6, 6.07) is 3.51. The Hall–Kier alpha value is 0.0900. The molecule has 0 atom stereocenters. The summed E-state index contributed by atoms with van der Waals surface area (Å²) in [4.78, 5) is 0. The fourth-order valence-corrected chi connectivity index (χ4v) is 2.09. The number of benzene rings is 1. The van der Waals surface area contributed by atoms with Crippen LogP contribution in [0.2, 0.25) is 0 Å². The van der Waals surface area contributed by atoms with Gasteiger partial charge in [-0.05, 0) is 12.1 Å². The van der Waals surface area contributed by atoms with Crippen molar-refractivity contribution in [2.75, 3.05) is 0 Å². The van der Waals surface area contributed by atoms with Gasteiger partial charge in [0.2, 0.25) is 0 Å². The van der Waals surface area contributed by atoms with Gasteiger partial charge in [-0.1, -0.05) is 28.5 Å². The Morgan fingerprint density at radius 3 is 1.82 bits per heavy atom. The van der Waals surface area contributed by atoms with E-state index in [1.54, 1.807) is 0 Å². The van der Waals surface area contributed by atoms with Gasteiger partial charge in [0.05, 0.1) is 5.30 Å². The third kappa shape index (κ3) is 2.02. The van der Waals surface area contributed by atoms with E-state index in [1.807, 2.05) is 0 Å². The average molecular weight is 215 g/mol. The van der Waals surface area contributed by atoms with E-state index in [9.17, 15) is 8.78 Å². The fraction of sp³-hybridized carbons (Fsp3) is 0. The molecule has 11 heavy (non-hydrogen) atoms. The Balaban J connectivity index is 3.21. The zero-order valence-corrected chi connectivity index (χ0v) is 7.60. The van der Waals surface area contributed by atoms with Crippen LogP contribution >= 0.6 is 29.1 Å². The second-order valence-corrected chi connectivity index (χ2v) is 5.26. The Morgan fingerprint density at radius 1 is 1.09 bits per heavy atom. The molecule has 0 saturated heterocycles. The molecule has 0 saturated carbocycles. The van der Waals surface area contributed by atoms with E-state index < -0.39 is 18.3 Å².